The third-order valence-electron chi connectivity index (χ3n) is 4.44. The minimum absolute atomic E-state index is 0.0359. The molecular formula is C19H28N2O3. The van der Waals surface area contributed by atoms with Gasteiger partial charge in [0.1, 0.15) is 0 Å². The van der Waals surface area contributed by atoms with Crippen molar-refractivity contribution in [3.8, 4) is 0 Å². The van der Waals surface area contributed by atoms with Gasteiger partial charge in [-0.2, -0.15) is 0 Å². The summed E-state index contributed by atoms with van der Waals surface area (Å²) in [6.07, 6.45) is 4.42. The highest BCUT2D eigenvalue weighted by Gasteiger charge is 2.21. The largest absolute Gasteiger partial charge is 0.469 e. The van der Waals surface area contributed by atoms with Gasteiger partial charge in [-0.25, -0.2) is 0 Å². The highest BCUT2D eigenvalue weighted by atomic mass is 16.5. The molecule has 1 aliphatic heterocycles. The lowest BCUT2D eigenvalue weighted by Crippen LogP contribution is -2.48. The lowest BCUT2D eigenvalue weighted by atomic mass is 10.0. The Bertz CT molecular complexity index is 519. The van der Waals surface area contributed by atoms with Crippen molar-refractivity contribution in [2.45, 2.75) is 44.6 Å². The maximum absolute atomic E-state index is 12.0. The second kappa shape index (κ2) is 10.1. The fourth-order valence-electron chi connectivity index (χ4n) is 3.10. The van der Waals surface area contributed by atoms with E-state index in [4.69, 9.17) is 0 Å². The van der Waals surface area contributed by atoms with Gasteiger partial charge in [0, 0.05) is 32.0 Å². The highest BCUT2D eigenvalue weighted by Crippen LogP contribution is 2.12. The molecule has 1 saturated heterocycles. The van der Waals surface area contributed by atoms with Crippen molar-refractivity contribution in [3.05, 3.63) is 35.9 Å². The Labute approximate surface area is 144 Å². The molecule has 0 unspecified atom stereocenters. The summed E-state index contributed by atoms with van der Waals surface area (Å²) in [5, 5.41) is 3.11. The van der Waals surface area contributed by atoms with Gasteiger partial charge in [-0.05, 0) is 37.8 Å². The van der Waals surface area contributed by atoms with Gasteiger partial charge in [-0.3, -0.25) is 9.59 Å². The van der Waals surface area contributed by atoms with Gasteiger partial charge in [-0.15, -0.1) is 0 Å². The van der Waals surface area contributed by atoms with Crippen molar-refractivity contribution < 1.29 is 14.3 Å². The van der Waals surface area contributed by atoms with E-state index in [1.807, 2.05) is 6.07 Å². The second-order valence-electron chi connectivity index (χ2n) is 6.37. The molecule has 1 aliphatic rings. The van der Waals surface area contributed by atoms with Crippen LogP contribution in [0, 0.1) is 0 Å². The van der Waals surface area contributed by atoms with Crippen LogP contribution >= 0.6 is 0 Å². The van der Waals surface area contributed by atoms with E-state index in [0.29, 0.717) is 19.3 Å². The molecule has 1 amide bonds. The second-order valence-corrected chi connectivity index (χ2v) is 6.37. The quantitative estimate of drug-likeness (QED) is 0.741. The molecule has 0 radical (unpaired) electrons. The number of rotatable bonds is 8. The number of ether oxygens (including phenoxy) is 1. The molecule has 1 aromatic rings. The third-order valence-corrected chi connectivity index (χ3v) is 4.44. The molecule has 1 aromatic carbocycles. The Morgan fingerprint density at radius 2 is 2.04 bits per heavy atom. The van der Waals surface area contributed by atoms with Gasteiger partial charge < -0.3 is 15.0 Å². The summed E-state index contributed by atoms with van der Waals surface area (Å²) in [4.78, 5) is 25.5. The summed E-state index contributed by atoms with van der Waals surface area (Å²) in [5.74, 6) is -0.221. The van der Waals surface area contributed by atoms with Gasteiger partial charge in [0.25, 0.3) is 0 Å². The normalized spacial score (nSPS) is 18.1. The molecule has 0 saturated carbocycles. The van der Waals surface area contributed by atoms with Gasteiger partial charge in [0.05, 0.1) is 7.11 Å². The summed E-state index contributed by atoms with van der Waals surface area (Å²) >= 11 is 0. The van der Waals surface area contributed by atoms with Crippen LogP contribution < -0.4 is 5.32 Å². The van der Waals surface area contributed by atoms with Crippen LogP contribution in [0.4, 0.5) is 0 Å². The number of likely N-dealkylation sites (tertiary alicyclic amines) is 1. The van der Waals surface area contributed by atoms with Crippen molar-refractivity contribution in [1.82, 2.24) is 10.2 Å². The van der Waals surface area contributed by atoms with Crippen LogP contribution in [0.1, 0.15) is 37.7 Å². The number of benzene rings is 1. The minimum Gasteiger partial charge on any atom is -0.469 e. The molecule has 0 spiro atoms. The van der Waals surface area contributed by atoms with Crippen molar-refractivity contribution in [3.63, 3.8) is 0 Å². The molecule has 1 atom stereocenters. The number of nitrogens with one attached hydrogen (secondary N) is 1. The molecule has 24 heavy (non-hydrogen) atoms. The van der Waals surface area contributed by atoms with Crippen molar-refractivity contribution >= 4 is 11.9 Å². The molecule has 1 fully saturated rings. The summed E-state index contributed by atoms with van der Waals surface area (Å²) in [7, 11) is 1.37. The van der Waals surface area contributed by atoms with E-state index in [9.17, 15) is 9.59 Å². The molecule has 1 N–H and O–H groups in total. The average Bonchev–Trinajstić information content (AvgIpc) is 2.61. The molecule has 0 aliphatic carbocycles. The first-order chi connectivity index (χ1) is 11.7. The third kappa shape index (κ3) is 6.71. The first kappa shape index (κ1) is 18.5. The number of hydrogen-bond acceptors (Lipinski definition) is 4. The Hall–Kier alpha value is -1.88. The summed E-state index contributed by atoms with van der Waals surface area (Å²) < 4.78 is 4.58. The van der Waals surface area contributed by atoms with E-state index in [2.05, 4.69) is 39.2 Å². The van der Waals surface area contributed by atoms with Crippen molar-refractivity contribution in [1.29, 1.82) is 0 Å². The number of methoxy groups -OCH3 is 1. The molecule has 5 nitrogen and oxygen atoms in total. The van der Waals surface area contributed by atoms with Gasteiger partial charge in [0.2, 0.25) is 5.91 Å². The van der Waals surface area contributed by atoms with Gasteiger partial charge in [0.15, 0.2) is 0 Å². The predicted molar refractivity (Wildman–Crippen MR) is 93.6 cm³/mol. The smallest absolute Gasteiger partial charge is 0.305 e. The maximum atomic E-state index is 12.0. The van der Waals surface area contributed by atoms with Crippen LogP contribution in [-0.2, 0) is 20.7 Å². The Morgan fingerprint density at radius 3 is 2.79 bits per heavy atom. The van der Waals surface area contributed by atoms with Gasteiger partial charge >= 0.3 is 5.97 Å². The van der Waals surface area contributed by atoms with Crippen LogP contribution in [-0.4, -0.2) is 49.6 Å². The Kier molecular flexibility index (Phi) is 7.75. The van der Waals surface area contributed by atoms with Crippen LogP contribution in [0.15, 0.2) is 30.3 Å². The lowest BCUT2D eigenvalue weighted by Gasteiger charge is -2.33. The average molecular weight is 332 g/mol. The molecule has 5 heteroatoms. The first-order valence-electron chi connectivity index (χ1n) is 8.80. The zero-order valence-corrected chi connectivity index (χ0v) is 14.5. The number of esters is 1. The van der Waals surface area contributed by atoms with Crippen LogP contribution in [0.5, 0.6) is 0 Å². The number of amides is 1. The van der Waals surface area contributed by atoms with Gasteiger partial charge in [-0.1, -0.05) is 30.3 Å². The highest BCUT2D eigenvalue weighted by molar-refractivity contribution is 5.77. The maximum Gasteiger partial charge on any atom is 0.305 e. The molecule has 0 bridgehead atoms. The van der Waals surface area contributed by atoms with Crippen molar-refractivity contribution in [2.24, 2.45) is 0 Å². The molecular weight excluding hydrogens is 304 g/mol. The van der Waals surface area contributed by atoms with E-state index in [1.54, 1.807) is 0 Å². The minimum atomic E-state index is -0.257. The number of hydrogen-bond donors (Lipinski definition) is 1. The first-order valence-corrected chi connectivity index (χ1v) is 8.80. The molecule has 0 aromatic heterocycles. The molecule has 2 rings (SSSR count). The summed E-state index contributed by atoms with van der Waals surface area (Å²) in [6.45, 7) is 3.04. The fraction of sp³-hybridized carbons (Fsp3) is 0.579. The fourth-order valence-corrected chi connectivity index (χ4v) is 3.10. The zero-order chi connectivity index (χ0) is 17.2. The zero-order valence-electron chi connectivity index (χ0n) is 14.5. The van der Waals surface area contributed by atoms with E-state index >= 15 is 0 Å². The van der Waals surface area contributed by atoms with E-state index in [-0.39, 0.29) is 17.9 Å². The Balaban J connectivity index is 1.66. The van der Waals surface area contributed by atoms with E-state index in [0.717, 1.165) is 38.9 Å². The lowest BCUT2D eigenvalue weighted by molar-refractivity contribution is -0.140. The molecule has 132 valence electrons. The van der Waals surface area contributed by atoms with E-state index in [1.165, 1.54) is 12.7 Å². The predicted octanol–water partition coefficient (Wildman–Crippen LogP) is 2.15. The number of nitrogens with zero attached hydrogens (tertiary/aromatic N) is 1. The van der Waals surface area contributed by atoms with Crippen LogP contribution in [0.25, 0.3) is 0 Å². The van der Waals surface area contributed by atoms with E-state index < -0.39 is 0 Å². The number of carbonyl (C=O) groups is 2. The number of carbonyl (C=O) groups excluding carboxylic acids is 2. The summed E-state index contributed by atoms with van der Waals surface area (Å²) in [5.41, 5.74) is 1.35. The molecule has 1 heterocycles. The monoisotopic (exact) mass is 332 g/mol. The van der Waals surface area contributed by atoms with Crippen molar-refractivity contribution in [2.75, 3.05) is 26.7 Å². The standard InChI is InChI=1S/C19H28N2O3/c1-24-19(23)11-5-10-18(22)20-17-9-6-13-21(15-17)14-12-16-7-3-2-4-8-16/h2-4,7-8,17H,5-6,9-15H2,1H3,(H,20,22)/t17-/m1/s1. The Morgan fingerprint density at radius 1 is 1.25 bits per heavy atom. The topological polar surface area (TPSA) is 58.6 Å². The summed E-state index contributed by atoms with van der Waals surface area (Å²) in [6, 6.07) is 10.7. The number of piperidine rings is 1. The van der Waals surface area contributed by atoms with Crippen LogP contribution in [0.3, 0.4) is 0 Å². The van der Waals surface area contributed by atoms with Crippen LogP contribution in [0.2, 0.25) is 0 Å². The SMILES string of the molecule is COC(=O)CCCC(=O)N[C@@H]1CCCN(CCc2ccccc2)C1.